The molecule has 176 valence electrons. The first kappa shape index (κ1) is 21.4. The van der Waals surface area contributed by atoms with Gasteiger partial charge in [0.2, 0.25) is 0 Å². The molecule has 3 aromatic carbocycles. The standard InChI is InChI=1S/C30H34N2O2/c1-17-3-7-25(31)28(9-17)33-23-5-6-24(27(16-23)34-29-10-18(2)4-8-26(29)32)30-21-12-19-11-20(14-21)15-22(30)13-19/h3-10,16,19-22,30H,11-15,31-32H2,1-2H3. The van der Waals surface area contributed by atoms with Crippen molar-refractivity contribution in [2.75, 3.05) is 11.5 Å². The third-order valence-corrected chi connectivity index (χ3v) is 8.36. The normalized spacial score (nSPS) is 27.1. The van der Waals surface area contributed by atoms with Gasteiger partial charge in [0.1, 0.15) is 11.5 Å². The lowest BCUT2D eigenvalue weighted by molar-refractivity contribution is -0.00336. The highest BCUT2D eigenvalue weighted by molar-refractivity contribution is 5.58. The van der Waals surface area contributed by atoms with Gasteiger partial charge in [-0.15, -0.1) is 0 Å². The monoisotopic (exact) mass is 454 g/mol. The van der Waals surface area contributed by atoms with Crippen molar-refractivity contribution in [1.82, 2.24) is 0 Å². The maximum Gasteiger partial charge on any atom is 0.150 e. The lowest BCUT2D eigenvalue weighted by Crippen LogP contribution is -2.43. The van der Waals surface area contributed by atoms with Crippen LogP contribution in [0.4, 0.5) is 11.4 Å². The summed E-state index contributed by atoms with van der Waals surface area (Å²) < 4.78 is 12.8. The Balaban J connectivity index is 1.39. The smallest absolute Gasteiger partial charge is 0.150 e. The molecule has 4 aliphatic carbocycles. The summed E-state index contributed by atoms with van der Waals surface area (Å²) >= 11 is 0. The van der Waals surface area contributed by atoms with Crippen molar-refractivity contribution in [2.24, 2.45) is 23.7 Å². The zero-order valence-corrected chi connectivity index (χ0v) is 20.1. The highest BCUT2D eigenvalue weighted by Gasteiger charge is 2.49. The molecular formula is C30H34N2O2. The predicted octanol–water partition coefficient (Wildman–Crippen LogP) is 7.59. The van der Waals surface area contributed by atoms with Crippen LogP contribution in [0.2, 0.25) is 0 Å². The fraction of sp³-hybridized carbons (Fsp3) is 0.400. The van der Waals surface area contributed by atoms with Gasteiger partial charge in [-0.1, -0.05) is 18.2 Å². The molecule has 4 saturated carbocycles. The van der Waals surface area contributed by atoms with Gasteiger partial charge in [0.15, 0.2) is 11.5 Å². The largest absolute Gasteiger partial charge is 0.455 e. The molecule has 0 heterocycles. The van der Waals surface area contributed by atoms with E-state index in [1.54, 1.807) is 0 Å². The van der Waals surface area contributed by atoms with Crippen LogP contribution in [0.5, 0.6) is 23.0 Å². The lowest BCUT2D eigenvalue weighted by Gasteiger charge is -2.54. The van der Waals surface area contributed by atoms with E-state index in [2.05, 4.69) is 19.1 Å². The Morgan fingerprint density at radius 1 is 0.618 bits per heavy atom. The molecule has 4 N–H and O–H groups in total. The van der Waals surface area contributed by atoms with E-state index in [4.69, 9.17) is 20.9 Å². The Hall–Kier alpha value is -3.14. The van der Waals surface area contributed by atoms with Gasteiger partial charge in [0.05, 0.1) is 11.4 Å². The summed E-state index contributed by atoms with van der Waals surface area (Å²) in [4.78, 5) is 0. The first-order valence-electron chi connectivity index (χ1n) is 12.6. The summed E-state index contributed by atoms with van der Waals surface area (Å²) in [5.74, 6) is 6.89. The zero-order chi connectivity index (χ0) is 23.4. The minimum absolute atomic E-state index is 0.548. The Labute approximate surface area is 202 Å². The Kier molecular flexibility index (Phi) is 5.20. The van der Waals surface area contributed by atoms with Gasteiger partial charge in [-0.05, 0) is 123 Å². The average molecular weight is 455 g/mol. The number of anilines is 2. The van der Waals surface area contributed by atoms with Crippen LogP contribution in [0.3, 0.4) is 0 Å². The van der Waals surface area contributed by atoms with Crippen molar-refractivity contribution < 1.29 is 9.47 Å². The van der Waals surface area contributed by atoms with Crippen LogP contribution in [0, 0.1) is 37.5 Å². The molecule has 0 saturated heterocycles. The molecule has 4 aliphatic rings. The summed E-state index contributed by atoms with van der Waals surface area (Å²) in [5.41, 5.74) is 17.3. The summed E-state index contributed by atoms with van der Waals surface area (Å²) in [5, 5.41) is 0. The molecule has 4 fully saturated rings. The number of aryl methyl sites for hydroxylation is 2. The van der Waals surface area contributed by atoms with E-state index in [9.17, 15) is 0 Å². The number of nitrogens with two attached hydrogens (primary N) is 2. The Morgan fingerprint density at radius 3 is 1.76 bits per heavy atom. The number of hydrogen-bond donors (Lipinski definition) is 2. The van der Waals surface area contributed by atoms with Crippen LogP contribution in [0.15, 0.2) is 54.6 Å². The number of hydrogen-bond acceptors (Lipinski definition) is 4. The SMILES string of the molecule is Cc1ccc(N)c(Oc2ccc(C3C4CC5CC(C4)CC3C5)c(Oc3cc(C)ccc3N)c2)c1. The fourth-order valence-corrected chi connectivity index (χ4v) is 7.08. The van der Waals surface area contributed by atoms with Crippen molar-refractivity contribution in [1.29, 1.82) is 0 Å². The minimum atomic E-state index is 0.548. The fourth-order valence-electron chi connectivity index (χ4n) is 7.08. The summed E-state index contributed by atoms with van der Waals surface area (Å²) in [6, 6.07) is 18.1. The second kappa shape index (κ2) is 8.26. The van der Waals surface area contributed by atoms with Crippen molar-refractivity contribution in [3.63, 3.8) is 0 Å². The second-order valence-corrected chi connectivity index (χ2v) is 10.9. The van der Waals surface area contributed by atoms with Crippen LogP contribution in [-0.4, -0.2) is 0 Å². The van der Waals surface area contributed by atoms with Gasteiger partial charge in [-0.2, -0.15) is 0 Å². The highest BCUT2D eigenvalue weighted by atomic mass is 16.5. The molecule has 3 aromatic rings. The molecule has 0 aliphatic heterocycles. The van der Waals surface area contributed by atoms with Crippen LogP contribution in [-0.2, 0) is 0 Å². The predicted molar refractivity (Wildman–Crippen MR) is 138 cm³/mol. The maximum absolute atomic E-state index is 6.57. The molecule has 0 radical (unpaired) electrons. The van der Waals surface area contributed by atoms with E-state index in [1.807, 2.05) is 49.4 Å². The molecule has 4 bridgehead atoms. The molecule has 0 amide bonds. The third-order valence-electron chi connectivity index (χ3n) is 8.36. The lowest BCUT2D eigenvalue weighted by atomic mass is 9.50. The van der Waals surface area contributed by atoms with E-state index in [-0.39, 0.29) is 0 Å². The van der Waals surface area contributed by atoms with Crippen molar-refractivity contribution >= 4 is 11.4 Å². The van der Waals surface area contributed by atoms with Gasteiger partial charge in [0, 0.05) is 6.07 Å². The molecular weight excluding hydrogens is 420 g/mol. The van der Waals surface area contributed by atoms with E-state index < -0.39 is 0 Å². The van der Waals surface area contributed by atoms with Gasteiger partial charge in [-0.3, -0.25) is 0 Å². The first-order valence-corrected chi connectivity index (χ1v) is 12.6. The molecule has 0 spiro atoms. The molecule has 0 atom stereocenters. The molecule has 4 heteroatoms. The van der Waals surface area contributed by atoms with E-state index in [0.717, 1.165) is 46.3 Å². The second-order valence-electron chi connectivity index (χ2n) is 10.9. The van der Waals surface area contributed by atoms with E-state index in [1.165, 1.54) is 37.7 Å². The van der Waals surface area contributed by atoms with Gasteiger partial charge >= 0.3 is 0 Å². The first-order chi connectivity index (χ1) is 16.4. The van der Waals surface area contributed by atoms with Crippen molar-refractivity contribution in [3.05, 3.63) is 71.3 Å². The van der Waals surface area contributed by atoms with Gasteiger partial charge < -0.3 is 20.9 Å². The van der Waals surface area contributed by atoms with Gasteiger partial charge in [-0.25, -0.2) is 0 Å². The number of ether oxygens (including phenoxy) is 2. The quantitative estimate of drug-likeness (QED) is 0.390. The summed E-state index contributed by atoms with van der Waals surface area (Å²) in [6.45, 7) is 4.10. The van der Waals surface area contributed by atoms with E-state index >= 15 is 0 Å². The Morgan fingerprint density at radius 2 is 1.18 bits per heavy atom. The highest BCUT2D eigenvalue weighted by Crippen LogP contribution is 2.61. The molecule has 0 unspecified atom stereocenters. The maximum atomic E-state index is 6.57. The van der Waals surface area contributed by atoms with Crippen LogP contribution in [0.1, 0.15) is 54.7 Å². The molecule has 34 heavy (non-hydrogen) atoms. The van der Waals surface area contributed by atoms with Crippen LogP contribution >= 0.6 is 0 Å². The van der Waals surface area contributed by atoms with Crippen LogP contribution in [0.25, 0.3) is 0 Å². The summed E-state index contributed by atoms with van der Waals surface area (Å²) in [6.07, 6.45) is 6.90. The summed E-state index contributed by atoms with van der Waals surface area (Å²) in [7, 11) is 0. The average Bonchev–Trinajstić information content (AvgIpc) is 2.79. The van der Waals surface area contributed by atoms with Crippen LogP contribution < -0.4 is 20.9 Å². The Bertz CT molecular complexity index is 1210. The van der Waals surface area contributed by atoms with E-state index in [0.29, 0.717) is 28.8 Å². The third kappa shape index (κ3) is 3.89. The topological polar surface area (TPSA) is 70.5 Å². The number of nitrogen functional groups attached to an aromatic ring is 2. The van der Waals surface area contributed by atoms with Crippen molar-refractivity contribution in [2.45, 2.75) is 51.9 Å². The molecule has 0 aromatic heterocycles. The van der Waals surface area contributed by atoms with Gasteiger partial charge in [0.25, 0.3) is 0 Å². The minimum Gasteiger partial charge on any atom is -0.455 e. The number of rotatable bonds is 5. The number of benzene rings is 3. The van der Waals surface area contributed by atoms with Crippen molar-refractivity contribution in [3.8, 4) is 23.0 Å². The molecule has 4 nitrogen and oxygen atoms in total. The molecule has 7 rings (SSSR count). The zero-order valence-electron chi connectivity index (χ0n) is 20.1.